The summed E-state index contributed by atoms with van der Waals surface area (Å²) in [5.41, 5.74) is 0.292. The molecule has 1 saturated heterocycles. The average Bonchev–Trinajstić information content (AvgIpc) is 3.73. The Kier molecular flexibility index (Phi) is 8.52. The number of hydrogen-bond acceptors (Lipinski definition) is 8. The highest BCUT2D eigenvalue weighted by atomic mass is 32.1. The molecule has 3 aromatic heterocycles. The SMILES string of the molecule is CC(C)(c1cc(NC(=O)Nc2ccc(-c3cn4c(n3)sc3cc(OCCN5C(F)C(F)OC(F)C5F)ccc34)cc2)no1)C(F)(F)F. The van der Waals surface area contributed by atoms with Crippen molar-refractivity contribution < 1.29 is 49.5 Å². The van der Waals surface area contributed by atoms with Gasteiger partial charge in [0.05, 0.1) is 15.9 Å². The van der Waals surface area contributed by atoms with Gasteiger partial charge >= 0.3 is 12.2 Å². The molecule has 1 fully saturated rings. The molecule has 4 unspecified atom stereocenters. The molecule has 1 aliphatic rings. The molecule has 5 aromatic rings. The summed E-state index contributed by atoms with van der Waals surface area (Å²) in [6.45, 7) is 1.24. The molecule has 6 rings (SSSR count). The van der Waals surface area contributed by atoms with Crippen molar-refractivity contribution >= 4 is 44.1 Å². The van der Waals surface area contributed by atoms with E-state index in [4.69, 9.17) is 9.26 Å². The number of ether oxygens (including phenoxy) is 2. The predicted octanol–water partition coefficient (Wildman–Crippen LogP) is 7.58. The van der Waals surface area contributed by atoms with Crippen LogP contribution in [0.5, 0.6) is 5.75 Å². The van der Waals surface area contributed by atoms with Crippen molar-refractivity contribution in [2.24, 2.45) is 0 Å². The molecule has 0 bridgehead atoms. The smallest absolute Gasteiger partial charge is 0.401 e. The lowest BCUT2D eigenvalue weighted by atomic mass is 9.89. The topological polar surface area (TPSA) is 106 Å². The van der Waals surface area contributed by atoms with Gasteiger partial charge in [-0.3, -0.25) is 9.72 Å². The number of nitrogens with one attached hydrogen (secondary N) is 2. The van der Waals surface area contributed by atoms with Crippen molar-refractivity contribution in [2.45, 2.75) is 50.7 Å². The average molecular weight is 687 g/mol. The van der Waals surface area contributed by atoms with E-state index in [2.05, 4.69) is 25.5 Å². The number of anilines is 2. The number of nitrogens with zero attached hydrogens (tertiary/aromatic N) is 4. The first kappa shape index (κ1) is 32.5. The van der Waals surface area contributed by atoms with Crippen molar-refractivity contribution in [2.75, 3.05) is 23.8 Å². The molecule has 2 N–H and O–H groups in total. The van der Waals surface area contributed by atoms with E-state index < -0.39 is 55.2 Å². The highest BCUT2D eigenvalue weighted by Gasteiger charge is 2.51. The summed E-state index contributed by atoms with van der Waals surface area (Å²) >= 11 is 1.36. The zero-order valence-electron chi connectivity index (χ0n) is 24.4. The molecule has 2 aromatic carbocycles. The van der Waals surface area contributed by atoms with Gasteiger partial charge in [0.25, 0.3) is 0 Å². The molecule has 4 atom stereocenters. The summed E-state index contributed by atoms with van der Waals surface area (Å²) in [6, 6.07) is 12.1. The van der Waals surface area contributed by atoms with Crippen molar-refractivity contribution in [1.82, 2.24) is 19.4 Å². The number of carbonyl (C=O) groups is 1. The number of imidazole rings is 1. The molecule has 4 heterocycles. The highest BCUT2D eigenvalue weighted by Crippen LogP contribution is 2.41. The largest absolute Gasteiger partial charge is 0.492 e. The second-order valence-corrected chi connectivity index (χ2v) is 12.0. The molecule has 18 heteroatoms. The van der Waals surface area contributed by atoms with Gasteiger partial charge in [-0.25, -0.2) is 32.2 Å². The second kappa shape index (κ2) is 12.3. The lowest BCUT2D eigenvalue weighted by Crippen LogP contribution is -2.56. The van der Waals surface area contributed by atoms with Gasteiger partial charge in [0, 0.05) is 30.1 Å². The number of carbonyl (C=O) groups excluding carboxylic acids is 1. The van der Waals surface area contributed by atoms with E-state index in [0.29, 0.717) is 27.0 Å². The molecule has 0 spiro atoms. The Morgan fingerprint density at radius 1 is 1.00 bits per heavy atom. The minimum absolute atomic E-state index is 0.180. The summed E-state index contributed by atoms with van der Waals surface area (Å²) in [5.74, 6) is -0.241. The molecular formula is C29H25F7N6O4S. The number of halogens is 7. The number of alkyl halides is 7. The number of morpholine rings is 1. The van der Waals surface area contributed by atoms with E-state index in [9.17, 15) is 35.5 Å². The molecule has 0 radical (unpaired) electrons. The summed E-state index contributed by atoms with van der Waals surface area (Å²) in [5, 5.41) is 8.41. The first-order valence-corrected chi connectivity index (χ1v) is 14.8. The minimum atomic E-state index is -4.58. The first-order valence-electron chi connectivity index (χ1n) is 14.0. The van der Waals surface area contributed by atoms with Crippen molar-refractivity contribution in [3.63, 3.8) is 0 Å². The van der Waals surface area contributed by atoms with Crippen LogP contribution in [0.3, 0.4) is 0 Å². The third-order valence-corrected chi connectivity index (χ3v) is 8.54. The molecule has 1 aliphatic heterocycles. The summed E-state index contributed by atoms with van der Waals surface area (Å²) in [6.07, 6.45) is -12.9. The van der Waals surface area contributed by atoms with E-state index in [-0.39, 0.29) is 12.4 Å². The number of urea groups is 1. The number of fused-ring (bicyclic) bond motifs is 3. The molecule has 47 heavy (non-hydrogen) atoms. The molecule has 0 aliphatic carbocycles. The molecule has 2 amide bonds. The third-order valence-electron chi connectivity index (χ3n) is 7.52. The van der Waals surface area contributed by atoms with Crippen LogP contribution in [0.15, 0.2) is 59.3 Å². The summed E-state index contributed by atoms with van der Waals surface area (Å²) < 4.78 is 111. The molecule has 10 nitrogen and oxygen atoms in total. The van der Waals surface area contributed by atoms with E-state index in [1.165, 1.54) is 11.3 Å². The van der Waals surface area contributed by atoms with E-state index in [1.807, 2.05) is 10.6 Å². The fourth-order valence-corrected chi connectivity index (χ4v) is 5.72. The zero-order chi connectivity index (χ0) is 33.7. The number of benzene rings is 2. The van der Waals surface area contributed by atoms with Gasteiger partial charge in [-0.05, 0) is 44.2 Å². The van der Waals surface area contributed by atoms with E-state index in [0.717, 1.165) is 35.7 Å². The Labute approximate surface area is 265 Å². The number of aromatic nitrogens is 3. The van der Waals surface area contributed by atoms with Crippen LogP contribution in [-0.2, 0) is 10.2 Å². The molecular weight excluding hydrogens is 661 g/mol. The number of thiazole rings is 1. The standard InChI is InChI=1S/C29H25F7N6O4S/c1-28(2,29(34,35)36)20-12-21(40-46-20)39-26(43)37-15-5-3-14(4-6-15)17-13-42-18-8-7-16(11-19(18)47-27(42)38-17)44-10-9-41-22(30)24(32)45-25(33)23(41)31/h3-8,11-13,22-25H,9-10H2,1-2H3,(H2,37,39,40,43). The lowest BCUT2D eigenvalue weighted by molar-refractivity contribution is -0.292. The Morgan fingerprint density at radius 3 is 2.38 bits per heavy atom. The van der Waals surface area contributed by atoms with Crippen LogP contribution in [0.25, 0.3) is 26.4 Å². The van der Waals surface area contributed by atoms with Crippen LogP contribution in [0.4, 0.5) is 47.0 Å². The van der Waals surface area contributed by atoms with Gasteiger partial charge in [0.1, 0.15) is 17.8 Å². The Balaban J connectivity index is 1.06. The van der Waals surface area contributed by atoms with Crippen LogP contribution in [0.2, 0.25) is 0 Å². The maximum absolute atomic E-state index is 13.9. The van der Waals surface area contributed by atoms with Crippen LogP contribution in [0, 0.1) is 0 Å². The highest BCUT2D eigenvalue weighted by molar-refractivity contribution is 7.23. The summed E-state index contributed by atoms with van der Waals surface area (Å²) in [4.78, 5) is 18.1. The van der Waals surface area contributed by atoms with Crippen LogP contribution in [0.1, 0.15) is 19.6 Å². The van der Waals surface area contributed by atoms with E-state index >= 15 is 0 Å². The van der Waals surface area contributed by atoms with Crippen LogP contribution >= 0.6 is 11.3 Å². The normalized spacial score (nSPS) is 21.0. The maximum Gasteiger partial charge on any atom is 0.401 e. The predicted molar refractivity (Wildman–Crippen MR) is 157 cm³/mol. The molecule has 0 saturated carbocycles. The number of hydrogen-bond donors (Lipinski definition) is 2. The second-order valence-electron chi connectivity index (χ2n) is 11.0. The van der Waals surface area contributed by atoms with Crippen molar-refractivity contribution in [1.29, 1.82) is 0 Å². The fraction of sp³-hybridized carbons (Fsp3) is 0.345. The third kappa shape index (κ3) is 6.44. The minimum Gasteiger partial charge on any atom is -0.492 e. The van der Waals surface area contributed by atoms with Gasteiger partial charge in [-0.1, -0.05) is 28.6 Å². The van der Waals surface area contributed by atoms with Crippen LogP contribution < -0.4 is 15.4 Å². The lowest BCUT2D eigenvalue weighted by Gasteiger charge is -2.36. The first-order chi connectivity index (χ1) is 22.2. The van der Waals surface area contributed by atoms with Gasteiger partial charge in [0.15, 0.2) is 16.5 Å². The van der Waals surface area contributed by atoms with Gasteiger partial charge < -0.3 is 19.3 Å². The summed E-state index contributed by atoms with van der Waals surface area (Å²) in [7, 11) is 0. The van der Waals surface area contributed by atoms with Gasteiger partial charge in [-0.2, -0.15) is 13.2 Å². The van der Waals surface area contributed by atoms with Crippen LogP contribution in [-0.4, -0.2) is 70.1 Å². The monoisotopic (exact) mass is 686 g/mol. The Bertz CT molecular complexity index is 1880. The zero-order valence-corrected chi connectivity index (χ0v) is 25.2. The van der Waals surface area contributed by atoms with Gasteiger partial charge in [-0.15, -0.1) is 0 Å². The Morgan fingerprint density at radius 2 is 1.70 bits per heavy atom. The Hall–Kier alpha value is -4.42. The van der Waals surface area contributed by atoms with Crippen molar-refractivity contribution in [3.05, 3.63) is 60.5 Å². The number of rotatable bonds is 8. The maximum atomic E-state index is 13.9. The fourth-order valence-electron chi connectivity index (χ4n) is 4.69. The quantitative estimate of drug-likeness (QED) is 0.128. The molecule has 250 valence electrons. The number of amides is 2. The van der Waals surface area contributed by atoms with Gasteiger partial charge in [0.2, 0.25) is 25.3 Å². The van der Waals surface area contributed by atoms with Crippen molar-refractivity contribution in [3.8, 4) is 17.0 Å². The van der Waals surface area contributed by atoms with E-state index in [1.54, 1.807) is 42.5 Å².